The lowest BCUT2D eigenvalue weighted by molar-refractivity contribution is 0.222. The van der Waals surface area contributed by atoms with Gasteiger partial charge in [-0.1, -0.05) is 6.92 Å². The minimum atomic E-state index is -0.330. The number of aromatic nitrogens is 1. The number of carbonyl (C=O) groups is 1. The summed E-state index contributed by atoms with van der Waals surface area (Å²) in [5.41, 5.74) is 0.631. The van der Waals surface area contributed by atoms with Gasteiger partial charge in [0.1, 0.15) is 5.82 Å². The Hall–Kier alpha value is -1.82. The molecule has 0 bridgehead atoms. The van der Waals surface area contributed by atoms with Gasteiger partial charge in [0.25, 0.3) is 0 Å². The highest BCUT2D eigenvalue weighted by Gasteiger charge is 2.09. The first-order chi connectivity index (χ1) is 9.64. The number of urea groups is 1. The van der Waals surface area contributed by atoms with Crippen molar-refractivity contribution in [2.45, 2.75) is 33.2 Å². The fourth-order valence-corrected chi connectivity index (χ4v) is 1.82. The predicted octanol–water partition coefficient (Wildman–Crippen LogP) is 1.82. The van der Waals surface area contributed by atoms with E-state index in [0.29, 0.717) is 12.1 Å². The van der Waals surface area contributed by atoms with Crippen LogP contribution in [0.5, 0.6) is 0 Å². The number of aliphatic hydroxyl groups excluding tert-OH is 1. The molecule has 0 radical (unpaired) electrons. The molecule has 6 heteroatoms. The molecule has 6 nitrogen and oxygen atoms in total. The van der Waals surface area contributed by atoms with Gasteiger partial charge in [0.05, 0.1) is 24.5 Å². The average Bonchev–Trinajstić information content (AvgIpc) is 2.47. The van der Waals surface area contributed by atoms with E-state index in [0.717, 1.165) is 18.9 Å². The molecule has 1 aromatic rings. The Balaban J connectivity index is 2.59. The monoisotopic (exact) mass is 280 g/mol. The summed E-state index contributed by atoms with van der Waals surface area (Å²) in [5, 5.41) is 14.4. The van der Waals surface area contributed by atoms with Crippen LogP contribution in [0, 0.1) is 0 Å². The molecule has 0 aromatic carbocycles. The Kier molecular flexibility index (Phi) is 6.79. The molecule has 2 amide bonds. The van der Waals surface area contributed by atoms with Crippen LogP contribution in [0.4, 0.5) is 16.3 Å². The smallest absolute Gasteiger partial charge is 0.319 e. The van der Waals surface area contributed by atoms with Gasteiger partial charge >= 0.3 is 6.03 Å². The zero-order valence-electron chi connectivity index (χ0n) is 12.4. The van der Waals surface area contributed by atoms with E-state index in [1.165, 1.54) is 0 Å². The molecule has 0 aliphatic heterocycles. The highest BCUT2D eigenvalue weighted by atomic mass is 16.3. The highest BCUT2D eigenvalue weighted by molar-refractivity contribution is 5.89. The molecular formula is C14H24N4O2. The summed E-state index contributed by atoms with van der Waals surface area (Å²) in [4.78, 5) is 18.2. The van der Waals surface area contributed by atoms with Crippen molar-refractivity contribution < 1.29 is 9.90 Å². The van der Waals surface area contributed by atoms with Crippen molar-refractivity contribution in [2.75, 3.05) is 29.9 Å². The number of hydrogen-bond donors (Lipinski definition) is 3. The van der Waals surface area contributed by atoms with Gasteiger partial charge in [-0.2, -0.15) is 0 Å². The molecule has 0 saturated carbocycles. The van der Waals surface area contributed by atoms with E-state index >= 15 is 0 Å². The van der Waals surface area contributed by atoms with E-state index < -0.39 is 0 Å². The van der Waals surface area contributed by atoms with Gasteiger partial charge < -0.3 is 20.6 Å². The molecule has 1 aromatic heterocycles. The summed E-state index contributed by atoms with van der Waals surface area (Å²) in [6, 6.07) is 3.15. The largest absolute Gasteiger partial charge is 0.394 e. The van der Waals surface area contributed by atoms with Crippen molar-refractivity contribution >= 4 is 17.5 Å². The number of anilines is 2. The molecule has 3 N–H and O–H groups in total. The number of rotatable bonds is 7. The van der Waals surface area contributed by atoms with Gasteiger partial charge in [0.2, 0.25) is 0 Å². The molecule has 0 aliphatic carbocycles. The van der Waals surface area contributed by atoms with Gasteiger partial charge in [0.15, 0.2) is 0 Å². The summed E-state index contributed by atoms with van der Waals surface area (Å²) >= 11 is 0. The summed E-state index contributed by atoms with van der Waals surface area (Å²) in [5.74, 6) is 0.891. The van der Waals surface area contributed by atoms with Crippen LogP contribution in [-0.4, -0.2) is 41.9 Å². The lowest BCUT2D eigenvalue weighted by atomic mass is 10.2. The molecule has 1 atom stereocenters. The Morgan fingerprint density at radius 2 is 2.05 bits per heavy atom. The maximum Gasteiger partial charge on any atom is 0.319 e. The van der Waals surface area contributed by atoms with E-state index in [-0.39, 0.29) is 18.7 Å². The van der Waals surface area contributed by atoms with Crippen LogP contribution in [0.15, 0.2) is 18.3 Å². The van der Waals surface area contributed by atoms with Gasteiger partial charge in [0, 0.05) is 13.1 Å². The second-order valence-corrected chi connectivity index (χ2v) is 4.46. The van der Waals surface area contributed by atoms with Crippen molar-refractivity contribution in [3.05, 3.63) is 18.3 Å². The van der Waals surface area contributed by atoms with E-state index in [4.69, 9.17) is 5.11 Å². The number of pyridine rings is 1. The van der Waals surface area contributed by atoms with Gasteiger partial charge in [-0.05, 0) is 32.4 Å². The van der Waals surface area contributed by atoms with Gasteiger partial charge in [-0.3, -0.25) is 0 Å². The van der Waals surface area contributed by atoms with Crippen LogP contribution in [0.25, 0.3) is 0 Å². The second-order valence-electron chi connectivity index (χ2n) is 4.46. The second kappa shape index (κ2) is 8.37. The Bertz CT molecular complexity index is 400. The third kappa shape index (κ3) is 4.70. The molecule has 20 heavy (non-hydrogen) atoms. The SMILES string of the molecule is CCC(CO)NC(=O)Nc1ccc(N(CC)CC)nc1. The molecule has 0 spiro atoms. The molecule has 0 aliphatic rings. The van der Waals surface area contributed by atoms with Crippen LogP contribution >= 0.6 is 0 Å². The van der Waals surface area contributed by atoms with Crippen LogP contribution in [-0.2, 0) is 0 Å². The van der Waals surface area contributed by atoms with Crippen molar-refractivity contribution in [3.63, 3.8) is 0 Å². The summed E-state index contributed by atoms with van der Waals surface area (Å²) < 4.78 is 0. The Labute approximate surface area is 120 Å². The lowest BCUT2D eigenvalue weighted by Gasteiger charge is -2.20. The van der Waals surface area contributed by atoms with E-state index in [1.807, 2.05) is 19.1 Å². The lowest BCUT2D eigenvalue weighted by Crippen LogP contribution is -2.39. The minimum Gasteiger partial charge on any atom is -0.394 e. The minimum absolute atomic E-state index is 0.0664. The fraction of sp³-hybridized carbons (Fsp3) is 0.571. The quantitative estimate of drug-likeness (QED) is 0.712. The van der Waals surface area contributed by atoms with Crippen molar-refractivity contribution in [1.82, 2.24) is 10.3 Å². The van der Waals surface area contributed by atoms with Crippen LogP contribution in [0.3, 0.4) is 0 Å². The number of carbonyl (C=O) groups excluding carboxylic acids is 1. The number of amides is 2. The molecule has 1 heterocycles. The molecule has 1 unspecified atom stereocenters. The highest BCUT2D eigenvalue weighted by Crippen LogP contribution is 2.13. The van der Waals surface area contributed by atoms with Crippen LogP contribution < -0.4 is 15.5 Å². The standard InChI is InChI=1S/C14H24N4O2/c1-4-11(10-19)16-14(20)17-12-7-8-13(15-9-12)18(5-2)6-3/h7-9,11,19H,4-6,10H2,1-3H3,(H2,16,17,20). The summed E-state index contributed by atoms with van der Waals surface area (Å²) in [6.07, 6.45) is 2.32. The zero-order chi connectivity index (χ0) is 15.0. The summed E-state index contributed by atoms with van der Waals surface area (Å²) in [6.45, 7) is 7.77. The first-order valence-corrected chi connectivity index (χ1v) is 7.03. The predicted molar refractivity (Wildman–Crippen MR) is 81.1 cm³/mol. The molecule has 1 rings (SSSR count). The maximum atomic E-state index is 11.7. The fourth-order valence-electron chi connectivity index (χ4n) is 1.82. The first-order valence-electron chi connectivity index (χ1n) is 7.03. The summed E-state index contributed by atoms with van der Waals surface area (Å²) in [7, 11) is 0. The number of hydrogen-bond acceptors (Lipinski definition) is 4. The topological polar surface area (TPSA) is 77.5 Å². The third-order valence-electron chi connectivity index (χ3n) is 3.14. The maximum absolute atomic E-state index is 11.7. The van der Waals surface area contributed by atoms with Crippen molar-refractivity contribution in [3.8, 4) is 0 Å². The normalized spacial score (nSPS) is 11.8. The third-order valence-corrected chi connectivity index (χ3v) is 3.14. The van der Waals surface area contributed by atoms with Gasteiger partial charge in [-0.25, -0.2) is 9.78 Å². The van der Waals surface area contributed by atoms with Crippen molar-refractivity contribution in [1.29, 1.82) is 0 Å². The molecule has 112 valence electrons. The zero-order valence-corrected chi connectivity index (χ0v) is 12.4. The Morgan fingerprint density at radius 3 is 2.50 bits per heavy atom. The first kappa shape index (κ1) is 16.2. The molecule has 0 saturated heterocycles. The van der Waals surface area contributed by atoms with Crippen LogP contribution in [0.1, 0.15) is 27.2 Å². The van der Waals surface area contributed by atoms with Crippen molar-refractivity contribution in [2.24, 2.45) is 0 Å². The van der Waals surface area contributed by atoms with E-state index in [2.05, 4.69) is 34.4 Å². The van der Waals surface area contributed by atoms with Gasteiger partial charge in [-0.15, -0.1) is 0 Å². The average molecular weight is 280 g/mol. The molecular weight excluding hydrogens is 256 g/mol. The van der Waals surface area contributed by atoms with Crippen LogP contribution in [0.2, 0.25) is 0 Å². The van der Waals surface area contributed by atoms with E-state index in [1.54, 1.807) is 6.20 Å². The number of aliphatic hydroxyl groups is 1. The number of nitrogens with zero attached hydrogens (tertiary/aromatic N) is 2. The molecule has 0 fully saturated rings. The Morgan fingerprint density at radius 1 is 1.35 bits per heavy atom. The van der Waals surface area contributed by atoms with E-state index in [9.17, 15) is 4.79 Å². The number of nitrogens with one attached hydrogen (secondary N) is 2.